The molecule has 0 unspecified atom stereocenters. The number of nitrogens with zero attached hydrogens (tertiary/aromatic N) is 2. The first-order valence-electron chi connectivity index (χ1n) is 6.13. The topological polar surface area (TPSA) is 54.9 Å². The molecule has 0 bridgehead atoms. The quantitative estimate of drug-likeness (QED) is 0.931. The minimum atomic E-state index is -0.0307. The summed E-state index contributed by atoms with van der Waals surface area (Å²) in [6, 6.07) is 9.81. The van der Waals surface area contributed by atoms with Crippen molar-refractivity contribution in [3.05, 3.63) is 30.3 Å². The van der Waals surface area contributed by atoms with Crippen molar-refractivity contribution in [2.75, 3.05) is 5.32 Å². The van der Waals surface area contributed by atoms with Crippen LogP contribution in [0.15, 0.2) is 30.3 Å². The van der Waals surface area contributed by atoms with Gasteiger partial charge in [-0.05, 0) is 5.41 Å². The normalized spacial score (nSPS) is 11.3. The molecule has 0 spiro atoms. The van der Waals surface area contributed by atoms with Crippen LogP contribution in [0, 0.1) is 5.41 Å². The molecule has 0 fully saturated rings. The second-order valence-corrected chi connectivity index (χ2v) is 6.54. The molecule has 2 rings (SSSR count). The standard InChI is InChI=1S/C14H17N3OS/c1-14(2,3)9-11(18)15-13-17-16-12(19-13)10-7-5-4-6-8-10/h4-8H,9H2,1-3H3,(H,15,17,18). The summed E-state index contributed by atoms with van der Waals surface area (Å²) in [6.45, 7) is 6.09. The molecule has 0 saturated carbocycles. The first-order valence-corrected chi connectivity index (χ1v) is 6.94. The lowest BCUT2D eigenvalue weighted by Crippen LogP contribution is -2.19. The highest BCUT2D eigenvalue weighted by atomic mass is 32.1. The monoisotopic (exact) mass is 275 g/mol. The highest BCUT2D eigenvalue weighted by molar-refractivity contribution is 7.18. The van der Waals surface area contributed by atoms with Crippen LogP contribution in [0.3, 0.4) is 0 Å². The predicted octanol–water partition coefficient (Wildman–Crippen LogP) is 3.58. The number of nitrogens with one attached hydrogen (secondary N) is 1. The van der Waals surface area contributed by atoms with Crippen molar-refractivity contribution in [1.82, 2.24) is 10.2 Å². The largest absolute Gasteiger partial charge is 0.301 e. The summed E-state index contributed by atoms with van der Waals surface area (Å²) >= 11 is 1.39. The number of benzene rings is 1. The van der Waals surface area contributed by atoms with E-state index in [1.54, 1.807) is 0 Å². The Balaban J connectivity index is 2.04. The van der Waals surface area contributed by atoms with E-state index in [2.05, 4.69) is 15.5 Å². The van der Waals surface area contributed by atoms with Crippen LogP contribution in [-0.4, -0.2) is 16.1 Å². The van der Waals surface area contributed by atoms with Crippen molar-refractivity contribution in [2.45, 2.75) is 27.2 Å². The molecule has 1 amide bonds. The number of anilines is 1. The number of hydrogen-bond acceptors (Lipinski definition) is 4. The maximum absolute atomic E-state index is 11.8. The van der Waals surface area contributed by atoms with Gasteiger partial charge in [-0.2, -0.15) is 0 Å². The minimum Gasteiger partial charge on any atom is -0.301 e. The van der Waals surface area contributed by atoms with Crippen LogP contribution in [-0.2, 0) is 4.79 Å². The predicted molar refractivity (Wildman–Crippen MR) is 78.0 cm³/mol. The van der Waals surface area contributed by atoms with E-state index in [-0.39, 0.29) is 11.3 Å². The Labute approximate surface area is 116 Å². The molecule has 1 heterocycles. The van der Waals surface area contributed by atoms with E-state index in [1.165, 1.54) is 11.3 Å². The maximum atomic E-state index is 11.8. The Morgan fingerprint density at radius 2 is 1.89 bits per heavy atom. The second kappa shape index (κ2) is 5.48. The van der Waals surface area contributed by atoms with Gasteiger partial charge in [0.1, 0.15) is 5.01 Å². The average molecular weight is 275 g/mol. The number of carbonyl (C=O) groups excluding carboxylic acids is 1. The Morgan fingerprint density at radius 1 is 1.21 bits per heavy atom. The van der Waals surface area contributed by atoms with Crippen LogP contribution in [0.25, 0.3) is 10.6 Å². The number of hydrogen-bond donors (Lipinski definition) is 1. The molecule has 1 N–H and O–H groups in total. The molecule has 0 aliphatic carbocycles. The van der Waals surface area contributed by atoms with Gasteiger partial charge in [0.05, 0.1) is 0 Å². The average Bonchev–Trinajstić information content (AvgIpc) is 2.76. The zero-order valence-electron chi connectivity index (χ0n) is 11.3. The molecular formula is C14H17N3OS. The summed E-state index contributed by atoms with van der Waals surface area (Å²) < 4.78 is 0. The summed E-state index contributed by atoms with van der Waals surface area (Å²) in [5.74, 6) is -0.0248. The molecule has 1 aromatic carbocycles. The number of carbonyl (C=O) groups is 1. The van der Waals surface area contributed by atoms with Crippen molar-refractivity contribution in [2.24, 2.45) is 5.41 Å². The molecule has 0 atom stereocenters. The Bertz CT molecular complexity index is 558. The van der Waals surface area contributed by atoms with Crippen LogP contribution in [0.2, 0.25) is 0 Å². The summed E-state index contributed by atoms with van der Waals surface area (Å²) in [7, 11) is 0. The summed E-state index contributed by atoms with van der Waals surface area (Å²) in [4.78, 5) is 11.8. The van der Waals surface area contributed by atoms with Gasteiger partial charge in [0.25, 0.3) is 0 Å². The zero-order valence-corrected chi connectivity index (χ0v) is 12.1. The molecule has 1 aromatic heterocycles. The van der Waals surface area contributed by atoms with E-state index in [0.717, 1.165) is 10.6 Å². The Kier molecular flexibility index (Phi) is 3.95. The number of aromatic nitrogens is 2. The fourth-order valence-electron chi connectivity index (χ4n) is 1.62. The minimum absolute atomic E-state index is 0.0248. The van der Waals surface area contributed by atoms with E-state index in [0.29, 0.717) is 11.6 Å². The van der Waals surface area contributed by atoms with Gasteiger partial charge in [0, 0.05) is 12.0 Å². The van der Waals surface area contributed by atoms with Crippen LogP contribution in [0.1, 0.15) is 27.2 Å². The van der Waals surface area contributed by atoms with Gasteiger partial charge in [0.15, 0.2) is 0 Å². The van der Waals surface area contributed by atoms with Crippen molar-refractivity contribution in [3.8, 4) is 10.6 Å². The molecule has 4 nitrogen and oxygen atoms in total. The van der Waals surface area contributed by atoms with E-state index < -0.39 is 0 Å². The van der Waals surface area contributed by atoms with Crippen LogP contribution in [0.4, 0.5) is 5.13 Å². The van der Waals surface area contributed by atoms with Gasteiger partial charge in [0.2, 0.25) is 11.0 Å². The first-order chi connectivity index (χ1) is 8.94. The Morgan fingerprint density at radius 3 is 2.53 bits per heavy atom. The fraction of sp³-hybridized carbons (Fsp3) is 0.357. The van der Waals surface area contributed by atoms with Gasteiger partial charge >= 0.3 is 0 Å². The first kappa shape index (κ1) is 13.7. The third-order valence-corrected chi connectivity index (χ3v) is 3.27. The van der Waals surface area contributed by atoms with Gasteiger partial charge in [-0.1, -0.05) is 62.4 Å². The van der Waals surface area contributed by atoms with Crippen molar-refractivity contribution >= 4 is 22.4 Å². The molecule has 0 aliphatic rings. The van der Waals surface area contributed by atoms with E-state index in [9.17, 15) is 4.79 Å². The van der Waals surface area contributed by atoms with E-state index in [1.807, 2.05) is 51.1 Å². The third kappa shape index (κ3) is 4.13. The molecular weight excluding hydrogens is 258 g/mol. The molecule has 2 aromatic rings. The molecule has 0 radical (unpaired) electrons. The van der Waals surface area contributed by atoms with Gasteiger partial charge in [-0.15, -0.1) is 10.2 Å². The summed E-state index contributed by atoms with van der Waals surface area (Å²) in [5, 5.41) is 12.2. The van der Waals surface area contributed by atoms with Gasteiger partial charge in [-0.25, -0.2) is 0 Å². The molecule has 100 valence electrons. The SMILES string of the molecule is CC(C)(C)CC(=O)Nc1nnc(-c2ccccc2)s1. The highest BCUT2D eigenvalue weighted by Gasteiger charge is 2.17. The van der Waals surface area contributed by atoms with E-state index in [4.69, 9.17) is 0 Å². The van der Waals surface area contributed by atoms with Gasteiger partial charge in [-0.3, -0.25) is 4.79 Å². The summed E-state index contributed by atoms with van der Waals surface area (Å²) in [6.07, 6.45) is 0.466. The molecule has 0 aliphatic heterocycles. The van der Waals surface area contributed by atoms with Crippen LogP contribution >= 0.6 is 11.3 Å². The lowest BCUT2D eigenvalue weighted by molar-refractivity contribution is -0.117. The molecule has 0 saturated heterocycles. The lowest BCUT2D eigenvalue weighted by atomic mass is 9.92. The molecule has 5 heteroatoms. The number of rotatable bonds is 3. The van der Waals surface area contributed by atoms with Crippen LogP contribution < -0.4 is 5.32 Å². The lowest BCUT2D eigenvalue weighted by Gasteiger charge is -2.16. The van der Waals surface area contributed by atoms with Crippen molar-refractivity contribution in [1.29, 1.82) is 0 Å². The summed E-state index contributed by atoms with van der Waals surface area (Å²) in [5.41, 5.74) is 0.980. The highest BCUT2D eigenvalue weighted by Crippen LogP contribution is 2.26. The van der Waals surface area contributed by atoms with E-state index >= 15 is 0 Å². The van der Waals surface area contributed by atoms with Gasteiger partial charge < -0.3 is 5.32 Å². The molecule has 19 heavy (non-hydrogen) atoms. The van der Waals surface area contributed by atoms with Crippen molar-refractivity contribution in [3.63, 3.8) is 0 Å². The second-order valence-electron chi connectivity index (χ2n) is 5.56. The Hall–Kier alpha value is -1.75. The fourth-order valence-corrected chi connectivity index (χ4v) is 2.38. The maximum Gasteiger partial charge on any atom is 0.226 e. The van der Waals surface area contributed by atoms with Crippen molar-refractivity contribution < 1.29 is 4.79 Å². The smallest absolute Gasteiger partial charge is 0.226 e. The third-order valence-electron chi connectivity index (χ3n) is 2.38. The van der Waals surface area contributed by atoms with Crippen LogP contribution in [0.5, 0.6) is 0 Å². The number of amides is 1. The zero-order chi connectivity index (χ0) is 13.9.